The van der Waals surface area contributed by atoms with Crippen LogP contribution in [0, 0.1) is 5.92 Å². The molecule has 0 unspecified atom stereocenters. The maximum atomic E-state index is 12.4. The Morgan fingerprint density at radius 1 is 1.18 bits per heavy atom. The summed E-state index contributed by atoms with van der Waals surface area (Å²) in [6.45, 7) is 4.52. The van der Waals surface area contributed by atoms with Crippen molar-refractivity contribution in [1.29, 1.82) is 0 Å². The summed E-state index contributed by atoms with van der Waals surface area (Å²) in [7, 11) is 0. The second-order valence-corrected chi connectivity index (χ2v) is 6.23. The Bertz CT molecular complexity index is 540. The molecule has 1 aromatic heterocycles. The van der Waals surface area contributed by atoms with Crippen LogP contribution < -0.4 is 0 Å². The Hall–Kier alpha value is -1.85. The smallest absolute Gasteiger partial charge is 0.274 e. The molecule has 1 aromatic rings. The fourth-order valence-electron chi connectivity index (χ4n) is 3.38. The largest absolute Gasteiger partial charge is 0.339 e. The van der Waals surface area contributed by atoms with Crippen molar-refractivity contribution >= 4 is 11.8 Å². The summed E-state index contributed by atoms with van der Waals surface area (Å²) >= 11 is 0. The third-order valence-corrected chi connectivity index (χ3v) is 4.81. The number of carbonyl (C=O) groups excluding carboxylic acids is 2. The third kappa shape index (κ3) is 3.00. The molecule has 1 aliphatic carbocycles. The van der Waals surface area contributed by atoms with E-state index in [1.165, 1.54) is 12.8 Å². The van der Waals surface area contributed by atoms with E-state index in [1.54, 1.807) is 4.90 Å². The van der Waals surface area contributed by atoms with Crippen LogP contribution in [0.2, 0.25) is 0 Å². The molecular formula is C16H24N4O2. The third-order valence-electron chi connectivity index (χ3n) is 4.81. The van der Waals surface area contributed by atoms with Crippen LogP contribution in [0.25, 0.3) is 0 Å². The number of nitrogens with one attached hydrogen (secondary N) is 1. The molecule has 0 aromatic carbocycles. The van der Waals surface area contributed by atoms with Crippen molar-refractivity contribution < 1.29 is 9.59 Å². The molecule has 22 heavy (non-hydrogen) atoms. The van der Waals surface area contributed by atoms with Crippen LogP contribution >= 0.6 is 0 Å². The average molecular weight is 304 g/mol. The minimum Gasteiger partial charge on any atom is -0.339 e. The van der Waals surface area contributed by atoms with Crippen molar-refractivity contribution in [3.63, 3.8) is 0 Å². The zero-order valence-electron chi connectivity index (χ0n) is 13.2. The van der Waals surface area contributed by atoms with Crippen LogP contribution in [0.1, 0.15) is 48.8 Å². The van der Waals surface area contributed by atoms with Gasteiger partial charge in [-0.3, -0.25) is 14.7 Å². The predicted molar refractivity (Wildman–Crippen MR) is 82.4 cm³/mol. The van der Waals surface area contributed by atoms with Gasteiger partial charge >= 0.3 is 0 Å². The zero-order chi connectivity index (χ0) is 15.5. The first-order valence-corrected chi connectivity index (χ1v) is 8.31. The van der Waals surface area contributed by atoms with Crippen molar-refractivity contribution in [2.45, 2.75) is 39.0 Å². The average Bonchev–Trinajstić information content (AvgIpc) is 3.25. The fraction of sp³-hybridized carbons (Fsp3) is 0.688. The van der Waals surface area contributed by atoms with Gasteiger partial charge in [0, 0.05) is 37.8 Å². The van der Waals surface area contributed by atoms with E-state index in [4.69, 9.17) is 0 Å². The first-order valence-electron chi connectivity index (χ1n) is 8.31. The summed E-state index contributed by atoms with van der Waals surface area (Å²) in [5.74, 6) is 0.474. The maximum Gasteiger partial charge on any atom is 0.274 e. The minimum absolute atomic E-state index is 0.0380. The Balaban J connectivity index is 1.54. The second kappa shape index (κ2) is 6.50. The van der Waals surface area contributed by atoms with E-state index in [-0.39, 0.29) is 17.7 Å². The van der Waals surface area contributed by atoms with E-state index in [0.29, 0.717) is 31.9 Å². The lowest BCUT2D eigenvalue weighted by Crippen LogP contribution is -2.51. The van der Waals surface area contributed by atoms with Crippen molar-refractivity contribution in [3.05, 3.63) is 17.5 Å². The van der Waals surface area contributed by atoms with Gasteiger partial charge in [-0.05, 0) is 25.3 Å². The molecule has 0 spiro atoms. The maximum absolute atomic E-state index is 12.4. The summed E-state index contributed by atoms with van der Waals surface area (Å²) in [4.78, 5) is 28.5. The lowest BCUT2D eigenvalue weighted by Gasteiger charge is -2.35. The highest BCUT2D eigenvalue weighted by Gasteiger charge is 2.31. The van der Waals surface area contributed by atoms with Crippen LogP contribution in [-0.4, -0.2) is 58.0 Å². The molecule has 3 rings (SSSR count). The molecule has 1 N–H and O–H groups in total. The fourth-order valence-corrected chi connectivity index (χ4v) is 3.38. The van der Waals surface area contributed by atoms with E-state index < -0.39 is 0 Å². The van der Waals surface area contributed by atoms with Gasteiger partial charge in [0.25, 0.3) is 5.91 Å². The van der Waals surface area contributed by atoms with E-state index in [0.717, 1.165) is 25.0 Å². The number of aromatic amines is 1. The molecule has 0 radical (unpaired) electrons. The molecule has 120 valence electrons. The number of aryl methyl sites for hydroxylation is 1. The van der Waals surface area contributed by atoms with Gasteiger partial charge in [-0.1, -0.05) is 19.8 Å². The van der Waals surface area contributed by atoms with E-state index in [2.05, 4.69) is 10.2 Å². The van der Waals surface area contributed by atoms with Gasteiger partial charge in [-0.2, -0.15) is 5.10 Å². The highest BCUT2D eigenvalue weighted by molar-refractivity contribution is 5.92. The molecule has 1 aliphatic heterocycles. The molecule has 6 nitrogen and oxygen atoms in total. The highest BCUT2D eigenvalue weighted by atomic mass is 16.2. The highest BCUT2D eigenvalue weighted by Crippen LogP contribution is 2.27. The Morgan fingerprint density at radius 3 is 2.41 bits per heavy atom. The van der Waals surface area contributed by atoms with Crippen LogP contribution in [0.4, 0.5) is 0 Å². The molecule has 2 fully saturated rings. The number of carbonyl (C=O) groups is 2. The van der Waals surface area contributed by atoms with Crippen LogP contribution in [-0.2, 0) is 11.2 Å². The van der Waals surface area contributed by atoms with Crippen molar-refractivity contribution in [2.75, 3.05) is 26.2 Å². The summed E-state index contributed by atoms with van der Waals surface area (Å²) in [5, 5.41) is 6.96. The van der Waals surface area contributed by atoms with Gasteiger partial charge in [0.2, 0.25) is 5.91 Å². The zero-order valence-corrected chi connectivity index (χ0v) is 13.2. The Kier molecular flexibility index (Phi) is 4.45. The quantitative estimate of drug-likeness (QED) is 0.919. The first kappa shape index (κ1) is 15.1. The van der Waals surface area contributed by atoms with E-state index in [1.807, 2.05) is 17.9 Å². The molecule has 0 bridgehead atoms. The van der Waals surface area contributed by atoms with Crippen molar-refractivity contribution in [3.8, 4) is 0 Å². The number of aromatic nitrogens is 2. The van der Waals surface area contributed by atoms with Gasteiger partial charge < -0.3 is 9.80 Å². The van der Waals surface area contributed by atoms with Crippen molar-refractivity contribution in [1.82, 2.24) is 20.0 Å². The molecule has 1 saturated heterocycles. The Morgan fingerprint density at radius 2 is 1.82 bits per heavy atom. The van der Waals surface area contributed by atoms with E-state index >= 15 is 0 Å². The van der Waals surface area contributed by atoms with Gasteiger partial charge in [0.15, 0.2) is 0 Å². The van der Waals surface area contributed by atoms with Crippen LogP contribution in [0.3, 0.4) is 0 Å². The van der Waals surface area contributed by atoms with Gasteiger partial charge in [0.1, 0.15) is 5.69 Å². The van der Waals surface area contributed by atoms with Crippen molar-refractivity contribution in [2.24, 2.45) is 5.92 Å². The standard InChI is InChI=1S/C16H24N4O2/c1-2-13-11-14(18-17-13)16(22)20-9-7-19(8-10-20)15(21)12-5-3-4-6-12/h11-12H,2-10H2,1H3,(H,17,18). The topological polar surface area (TPSA) is 69.3 Å². The number of piperazine rings is 1. The normalized spacial score (nSPS) is 19.7. The van der Waals surface area contributed by atoms with Crippen LogP contribution in [0.5, 0.6) is 0 Å². The summed E-state index contributed by atoms with van der Waals surface area (Å²) < 4.78 is 0. The van der Waals surface area contributed by atoms with Gasteiger partial charge in [-0.25, -0.2) is 0 Å². The van der Waals surface area contributed by atoms with E-state index in [9.17, 15) is 9.59 Å². The number of hydrogen-bond acceptors (Lipinski definition) is 3. The van der Waals surface area contributed by atoms with Crippen LogP contribution in [0.15, 0.2) is 6.07 Å². The SMILES string of the molecule is CCc1cc(C(=O)N2CCN(C(=O)C3CCCC3)CC2)n[nH]1. The van der Waals surface area contributed by atoms with Gasteiger partial charge in [-0.15, -0.1) is 0 Å². The molecule has 2 heterocycles. The lowest BCUT2D eigenvalue weighted by atomic mass is 10.1. The molecule has 0 atom stereocenters. The second-order valence-electron chi connectivity index (χ2n) is 6.23. The minimum atomic E-state index is -0.0380. The number of nitrogens with zero attached hydrogens (tertiary/aromatic N) is 3. The monoisotopic (exact) mass is 304 g/mol. The molecule has 6 heteroatoms. The predicted octanol–water partition coefficient (Wildman–Crippen LogP) is 1.45. The molecule has 2 amide bonds. The molecular weight excluding hydrogens is 280 g/mol. The molecule has 2 aliphatic rings. The van der Waals surface area contributed by atoms with Gasteiger partial charge in [0.05, 0.1) is 0 Å². The first-order chi connectivity index (χ1) is 10.7. The summed E-state index contributed by atoms with van der Waals surface area (Å²) in [6.07, 6.45) is 5.25. The number of rotatable bonds is 3. The Labute approximate surface area is 130 Å². The molecule has 1 saturated carbocycles. The lowest BCUT2D eigenvalue weighted by molar-refractivity contribution is -0.136. The number of H-pyrrole nitrogens is 1. The number of hydrogen-bond donors (Lipinski definition) is 1. The summed E-state index contributed by atoms with van der Waals surface area (Å²) in [6, 6.07) is 1.82. The number of amides is 2. The summed E-state index contributed by atoms with van der Waals surface area (Å²) in [5.41, 5.74) is 1.45.